The summed E-state index contributed by atoms with van der Waals surface area (Å²) in [6.07, 6.45) is 4.95. The van der Waals surface area contributed by atoms with Crippen LogP contribution >= 0.6 is 0 Å². The molecular formula is C32H37N5O3. The SMILES string of the molecule is COc1cccc(C(CC2CCOCC2)n2c3cc(C(C)(C)O)ccc3c3ncc(-c4c(C)nnn4C)cc32)c1. The Kier molecular flexibility index (Phi) is 6.84. The second kappa shape index (κ2) is 10.3. The number of methoxy groups -OCH3 is 1. The van der Waals surface area contributed by atoms with E-state index in [-0.39, 0.29) is 6.04 Å². The van der Waals surface area contributed by atoms with Gasteiger partial charge in [-0.2, -0.15) is 0 Å². The molecule has 0 radical (unpaired) electrons. The molecule has 0 spiro atoms. The molecule has 6 rings (SSSR count). The minimum atomic E-state index is -0.974. The lowest BCUT2D eigenvalue weighted by atomic mass is 9.89. The quantitative estimate of drug-likeness (QED) is 0.276. The first-order chi connectivity index (χ1) is 19.2. The van der Waals surface area contributed by atoms with Crippen LogP contribution in [0.5, 0.6) is 5.75 Å². The predicted octanol–water partition coefficient (Wildman–Crippen LogP) is 5.94. The van der Waals surface area contributed by atoms with Gasteiger partial charge in [-0.25, -0.2) is 4.68 Å². The number of aromatic nitrogens is 5. The average molecular weight is 540 g/mol. The van der Waals surface area contributed by atoms with Gasteiger partial charge in [0, 0.05) is 37.4 Å². The molecule has 40 heavy (non-hydrogen) atoms. The number of hydrogen-bond donors (Lipinski definition) is 1. The van der Waals surface area contributed by atoms with Crippen LogP contribution in [-0.2, 0) is 17.4 Å². The van der Waals surface area contributed by atoms with Gasteiger partial charge in [-0.15, -0.1) is 5.10 Å². The average Bonchev–Trinajstić information content (AvgIpc) is 3.46. The summed E-state index contributed by atoms with van der Waals surface area (Å²) >= 11 is 0. The highest BCUT2D eigenvalue weighted by Crippen LogP contribution is 2.41. The molecule has 5 aromatic rings. The smallest absolute Gasteiger partial charge is 0.119 e. The maximum absolute atomic E-state index is 11.0. The molecule has 1 aliphatic heterocycles. The van der Waals surface area contributed by atoms with Gasteiger partial charge in [0.2, 0.25) is 0 Å². The Hall–Kier alpha value is -3.75. The molecular weight excluding hydrogens is 502 g/mol. The standard InChI is InChI=1S/C32H37N5O3/c1-20-31(36(4)35-34-20)23-17-29-30(33-19-23)26-10-9-24(32(2,3)38)18-28(26)37(29)27(15-21-11-13-40-14-12-21)22-7-6-8-25(16-22)39-5/h6-10,16-19,21,27,38H,11-15H2,1-5H3. The summed E-state index contributed by atoms with van der Waals surface area (Å²) in [6, 6.07) is 16.9. The Bertz CT molecular complexity index is 1650. The third-order valence-electron chi connectivity index (χ3n) is 8.30. The molecule has 0 amide bonds. The number of benzene rings is 2. The molecule has 4 heterocycles. The van der Waals surface area contributed by atoms with Crippen molar-refractivity contribution in [2.45, 2.75) is 51.7 Å². The van der Waals surface area contributed by atoms with Gasteiger partial charge in [-0.3, -0.25) is 4.98 Å². The van der Waals surface area contributed by atoms with Crippen molar-refractivity contribution in [3.05, 3.63) is 71.5 Å². The van der Waals surface area contributed by atoms with E-state index >= 15 is 0 Å². The Labute approximate surface area is 234 Å². The normalized spacial score (nSPS) is 15.7. The number of fused-ring (bicyclic) bond motifs is 3. The Balaban J connectivity index is 1.65. The highest BCUT2D eigenvalue weighted by atomic mass is 16.5. The molecule has 0 saturated carbocycles. The lowest BCUT2D eigenvalue weighted by Crippen LogP contribution is -2.21. The van der Waals surface area contributed by atoms with Gasteiger partial charge >= 0.3 is 0 Å². The monoisotopic (exact) mass is 539 g/mol. The van der Waals surface area contributed by atoms with E-state index in [9.17, 15) is 5.11 Å². The minimum absolute atomic E-state index is 0.0260. The van der Waals surface area contributed by atoms with Gasteiger partial charge in [-0.05, 0) is 81.3 Å². The fourth-order valence-electron chi connectivity index (χ4n) is 6.14. The van der Waals surface area contributed by atoms with Crippen molar-refractivity contribution in [3.63, 3.8) is 0 Å². The van der Waals surface area contributed by atoms with E-state index in [4.69, 9.17) is 14.5 Å². The van der Waals surface area contributed by atoms with Gasteiger partial charge < -0.3 is 19.1 Å². The van der Waals surface area contributed by atoms with Crippen LogP contribution in [-0.4, -0.2) is 50.0 Å². The summed E-state index contributed by atoms with van der Waals surface area (Å²) in [4.78, 5) is 5.02. The lowest BCUT2D eigenvalue weighted by molar-refractivity contribution is 0.0609. The Morgan fingerprint density at radius 2 is 1.90 bits per heavy atom. The van der Waals surface area contributed by atoms with E-state index in [1.165, 1.54) is 5.56 Å². The van der Waals surface area contributed by atoms with Gasteiger partial charge in [0.15, 0.2) is 0 Å². The highest BCUT2D eigenvalue weighted by Gasteiger charge is 2.28. The zero-order valence-corrected chi connectivity index (χ0v) is 23.9. The van der Waals surface area contributed by atoms with Gasteiger partial charge in [0.05, 0.1) is 46.7 Å². The number of aryl methyl sites for hydroxylation is 2. The van der Waals surface area contributed by atoms with Crippen LogP contribution in [0.3, 0.4) is 0 Å². The summed E-state index contributed by atoms with van der Waals surface area (Å²) in [5.74, 6) is 1.36. The first-order valence-electron chi connectivity index (χ1n) is 14.0. The zero-order valence-electron chi connectivity index (χ0n) is 23.9. The van der Waals surface area contributed by atoms with E-state index in [1.54, 1.807) is 11.8 Å². The molecule has 0 aliphatic carbocycles. The number of rotatable bonds is 7. The summed E-state index contributed by atoms with van der Waals surface area (Å²) in [5.41, 5.74) is 6.90. The number of nitrogens with zero attached hydrogens (tertiary/aromatic N) is 5. The second-order valence-electron chi connectivity index (χ2n) is 11.5. The van der Waals surface area contributed by atoms with Crippen LogP contribution in [0.15, 0.2) is 54.7 Å². The molecule has 1 N–H and O–H groups in total. The lowest BCUT2D eigenvalue weighted by Gasteiger charge is -2.29. The van der Waals surface area contributed by atoms with Crippen molar-refractivity contribution in [2.24, 2.45) is 13.0 Å². The summed E-state index contributed by atoms with van der Waals surface area (Å²) in [7, 11) is 3.62. The molecule has 0 bridgehead atoms. The van der Waals surface area contributed by atoms with Crippen LogP contribution < -0.4 is 4.74 Å². The topological polar surface area (TPSA) is 87.2 Å². The molecule has 1 unspecified atom stereocenters. The summed E-state index contributed by atoms with van der Waals surface area (Å²) in [5, 5.41) is 20.5. The molecule has 208 valence electrons. The summed E-state index contributed by atoms with van der Waals surface area (Å²) in [6.45, 7) is 7.23. The third-order valence-corrected chi connectivity index (χ3v) is 8.30. The number of hydrogen-bond acceptors (Lipinski definition) is 6. The predicted molar refractivity (Wildman–Crippen MR) is 157 cm³/mol. The molecule has 3 aromatic heterocycles. The van der Waals surface area contributed by atoms with Crippen molar-refractivity contribution in [2.75, 3.05) is 20.3 Å². The molecule has 1 atom stereocenters. The maximum atomic E-state index is 11.0. The Morgan fingerprint density at radius 1 is 1.10 bits per heavy atom. The minimum Gasteiger partial charge on any atom is -0.497 e. The van der Waals surface area contributed by atoms with Crippen LogP contribution in [0, 0.1) is 12.8 Å². The highest BCUT2D eigenvalue weighted by molar-refractivity contribution is 6.07. The fraction of sp³-hybridized carbons (Fsp3) is 0.406. The van der Waals surface area contributed by atoms with Crippen LogP contribution in [0.25, 0.3) is 33.2 Å². The van der Waals surface area contributed by atoms with Gasteiger partial charge in [0.1, 0.15) is 5.75 Å². The van der Waals surface area contributed by atoms with E-state index in [2.05, 4.69) is 51.3 Å². The second-order valence-corrected chi connectivity index (χ2v) is 11.5. The molecule has 1 aliphatic rings. The van der Waals surface area contributed by atoms with E-state index < -0.39 is 5.60 Å². The van der Waals surface area contributed by atoms with Crippen LogP contribution in [0.2, 0.25) is 0 Å². The number of ether oxygens (including phenoxy) is 2. The fourth-order valence-corrected chi connectivity index (χ4v) is 6.14. The van der Waals surface area contributed by atoms with Gasteiger partial charge in [-0.1, -0.05) is 29.5 Å². The van der Waals surface area contributed by atoms with Crippen LogP contribution in [0.4, 0.5) is 0 Å². The van der Waals surface area contributed by atoms with E-state index in [1.807, 2.05) is 46.1 Å². The van der Waals surface area contributed by atoms with Crippen molar-refractivity contribution < 1.29 is 14.6 Å². The maximum Gasteiger partial charge on any atom is 0.119 e. The zero-order chi connectivity index (χ0) is 28.0. The number of pyridine rings is 1. The molecule has 8 nitrogen and oxygen atoms in total. The largest absolute Gasteiger partial charge is 0.497 e. The Morgan fingerprint density at radius 3 is 2.60 bits per heavy atom. The van der Waals surface area contributed by atoms with Crippen molar-refractivity contribution in [3.8, 4) is 17.0 Å². The summed E-state index contributed by atoms with van der Waals surface area (Å²) < 4.78 is 15.6. The van der Waals surface area contributed by atoms with Crippen molar-refractivity contribution >= 4 is 21.9 Å². The van der Waals surface area contributed by atoms with Crippen molar-refractivity contribution in [1.29, 1.82) is 0 Å². The molecule has 1 fully saturated rings. The molecule has 1 saturated heterocycles. The first kappa shape index (κ1) is 26.5. The number of aliphatic hydroxyl groups is 1. The van der Waals surface area contributed by atoms with Crippen LogP contribution in [0.1, 0.15) is 56.0 Å². The van der Waals surface area contributed by atoms with Crippen molar-refractivity contribution in [1.82, 2.24) is 24.5 Å². The van der Waals surface area contributed by atoms with E-state index in [0.29, 0.717) is 5.92 Å². The first-order valence-corrected chi connectivity index (χ1v) is 14.0. The van der Waals surface area contributed by atoms with Gasteiger partial charge in [0.25, 0.3) is 0 Å². The molecule has 8 heteroatoms. The van der Waals surface area contributed by atoms with E-state index in [0.717, 1.165) is 82.7 Å². The third kappa shape index (κ3) is 4.75. The molecule has 2 aromatic carbocycles.